The number of ether oxygens (including phenoxy) is 2. The van der Waals surface area contributed by atoms with E-state index < -0.39 is 54.4 Å². The van der Waals surface area contributed by atoms with E-state index in [0.29, 0.717) is 11.4 Å². The normalized spacial score (nSPS) is 16.2. The van der Waals surface area contributed by atoms with Gasteiger partial charge < -0.3 is 20.1 Å². The van der Waals surface area contributed by atoms with Gasteiger partial charge in [0.2, 0.25) is 5.91 Å². The molecule has 0 saturated carbocycles. The molecule has 4 rings (SSSR count). The first-order valence-corrected chi connectivity index (χ1v) is 13.4. The summed E-state index contributed by atoms with van der Waals surface area (Å²) in [5, 5.41) is 5.54. The monoisotopic (exact) mass is 608 g/mol. The quantitative estimate of drug-likeness (QED) is 0.176. The Labute approximate surface area is 250 Å². The third kappa shape index (κ3) is 8.60. The van der Waals surface area contributed by atoms with Crippen molar-refractivity contribution in [1.29, 1.82) is 0 Å². The second kappa shape index (κ2) is 14.2. The Hall–Kier alpha value is -5.33. The molecule has 0 fully saturated rings. The van der Waals surface area contributed by atoms with Gasteiger partial charge in [-0.25, -0.2) is 14.6 Å². The van der Waals surface area contributed by atoms with Crippen LogP contribution in [0.4, 0.5) is 19.0 Å². The fourth-order valence-electron chi connectivity index (χ4n) is 4.28. The molecule has 1 aliphatic heterocycles. The van der Waals surface area contributed by atoms with Gasteiger partial charge >= 0.3 is 24.1 Å². The number of allylic oxidation sites excluding steroid dienone is 1. The summed E-state index contributed by atoms with van der Waals surface area (Å²) in [5.74, 6) is -5.16. The highest BCUT2D eigenvalue weighted by atomic mass is 19.4. The average Bonchev–Trinajstić information content (AvgIpc) is 3.49. The van der Waals surface area contributed by atoms with Gasteiger partial charge in [0, 0.05) is 12.4 Å². The van der Waals surface area contributed by atoms with Gasteiger partial charge in [-0.1, -0.05) is 60.7 Å². The zero-order valence-electron chi connectivity index (χ0n) is 23.1. The number of hydrogen-bond donors (Lipinski definition) is 2. The van der Waals surface area contributed by atoms with E-state index in [9.17, 15) is 32.3 Å². The lowest BCUT2D eigenvalue weighted by Gasteiger charge is -2.24. The lowest BCUT2D eigenvalue weighted by atomic mass is 9.95. The van der Waals surface area contributed by atoms with Gasteiger partial charge in [0.1, 0.15) is 12.4 Å². The number of aliphatic imine (C=N–C) groups is 1. The van der Waals surface area contributed by atoms with Crippen LogP contribution in [0.25, 0.3) is 11.1 Å². The number of benzene rings is 2. The minimum atomic E-state index is -5.38. The minimum absolute atomic E-state index is 0.0579. The number of halogens is 3. The number of carbonyl (C=O) groups excluding carboxylic acids is 4. The van der Waals surface area contributed by atoms with Crippen LogP contribution in [-0.2, 0) is 28.7 Å². The maximum Gasteiger partial charge on any atom is 0.491 e. The van der Waals surface area contributed by atoms with Crippen molar-refractivity contribution in [3.63, 3.8) is 0 Å². The van der Waals surface area contributed by atoms with Crippen LogP contribution in [0.15, 0.2) is 96.1 Å². The van der Waals surface area contributed by atoms with Crippen molar-refractivity contribution in [1.82, 2.24) is 10.3 Å². The van der Waals surface area contributed by atoms with Crippen LogP contribution in [0.2, 0.25) is 0 Å². The van der Waals surface area contributed by atoms with Crippen LogP contribution >= 0.6 is 0 Å². The summed E-state index contributed by atoms with van der Waals surface area (Å²) in [5.41, 5.74) is 0.344. The molecule has 44 heavy (non-hydrogen) atoms. The van der Waals surface area contributed by atoms with E-state index in [2.05, 4.69) is 25.3 Å². The van der Waals surface area contributed by atoms with Gasteiger partial charge in [-0.05, 0) is 41.0 Å². The maximum atomic E-state index is 13.2. The molecule has 1 aromatic heterocycles. The van der Waals surface area contributed by atoms with Crippen LogP contribution in [0, 0.1) is 0 Å². The molecule has 2 atom stereocenters. The maximum absolute atomic E-state index is 13.2. The number of carbonyl (C=O) groups is 4. The molecule has 0 aliphatic carbocycles. The van der Waals surface area contributed by atoms with Gasteiger partial charge in [-0.2, -0.15) is 13.2 Å². The first kappa shape index (κ1) is 31.6. The SMILES string of the molecule is O=C(CC1(C(=O)OCCNc2ccccn2)C=CC=N1)NC(CC(=O)OC(=O)C(F)(F)F)c1ccc(-c2ccccc2)cc1. The van der Waals surface area contributed by atoms with Crippen molar-refractivity contribution in [3.05, 3.63) is 96.7 Å². The summed E-state index contributed by atoms with van der Waals surface area (Å²) in [6, 6.07) is 19.9. The fraction of sp³-hybridized carbons (Fsp3) is 0.226. The molecule has 2 aromatic carbocycles. The number of nitrogens with zero attached hydrogens (tertiary/aromatic N) is 2. The summed E-state index contributed by atoms with van der Waals surface area (Å²) in [7, 11) is 0. The van der Waals surface area contributed by atoms with Crippen LogP contribution in [-0.4, -0.2) is 59.9 Å². The molecule has 0 saturated heterocycles. The number of amides is 1. The van der Waals surface area contributed by atoms with Crippen molar-refractivity contribution in [2.45, 2.75) is 30.6 Å². The summed E-state index contributed by atoms with van der Waals surface area (Å²) in [6.45, 7) is 0.176. The lowest BCUT2D eigenvalue weighted by Crippen LogP contribution is -2.42. The van der Waals surface area contributed by atoms with Crippen LogP contribution in [0.5, 0.6) is 0 Å². The van der Waals surface area contributed by atoms with E-state index in [0.717, 1.165) is 11.1 Å². The number of alkyl halides is 3. The van der Waals surface area contributed by atoms with Crippen molar-refractivity contribution < 1.29 is 41.8 Å². The molecule has 0 bridgehead atoms. The Bertz CT molecular complexity index is 1520. The van der Waals surface area contributed by atoms with E-state index in [-0.39, 0.29) is 13.2 Å². The predicted octanol–water partition coefficient (Wildman–Crippen LogP) is 4.35. The van der Waals surface area contributed by atoms with Gasteiger partial charge in [-0.3, -0.25) is 14.6 Å². The number of esters is 3. The highest BCUT2D eigenvalue weighted by Gasteiger charge is 2.43. The smallest absolute Gasteiger partial charge is 0.462 e. The lowest BCUT2D eigenvalue weighted by molar-refractivity contribution is -0.202. The van der Waals surface area contributed by atoms with Gasteiger partial charge in [0.05, 0.1) is 25.4 Å². The number of nitrogens with one attached hydrogen (secondary N) is 2. The average molecular weight is 609 g/mol. The second-order valence-corrected chi connectivity index (χ2v) is 9.59. The van der Waals surface area contributed by atoms with Gasteiger partial charge in [0.25, 0.3) is 0 Å². The highest BCUT2D eigenvalue weighted by molar-refractivity contribution is 5.96. The largest absolute Gasteiger partial charge is 0.491 e. The third-order valence-electron chi connectivity index (χ3n) is 6.42. The summed E-state index contributed by atoms with van der Waals surface area (Å²) >= 11 is 0. The Morgan fingerprint density at radius 3 is 2.25 bits per heavy atom. The standard InChI is InChI=1S/C31H27F3N4O6/c32-31(33,34)29(42)44-27(40)19-24(23-12-10-22(11-13-23)21-7-2-1-3-8-21)38-26(39)20-30(14-6-16-37-30)28(41)43-18-17-36-25-9-4-5-15-35-25/h1-16,24H,17-20H2,(H,35,36)(H,38,39). The molecule has 2 heterocycles. The number of pyridine rings is 1. The van der Waals surface area contributed by atoms with Crippen LogP contribution in [0.1, 0.15) is 24.4 Å². The Kier molecular flexibility index (Phi) is 10.2. The molecule has 10 nitrogen and oxygen atoms in total. The summed E-state index contributed by atoms with van der Waals surface area (Å²) in [4.78, 5) is 58.0. The fourth-order valence-corrected chi connectivity index (χ4v) is 4.28. The van der Waals surface area contributed by atoms with Gasteiger partial charge in [-0.15, -0.1) is 0 Å². The molecule has 2 N–H and O–H groups in total. The molecule has 0 spiro atoms. The second-order valence-electron chi connectivity index (χ2n) is 9.59. The molecule has 3 aromatic rings. The third-order valence-corrected chi connectivity index (χ3v) is 6.42. The van der Waals surface area contributed by atoms with E-state index in [1.165, 1.54) is 18.4 Å². The van der Waals surface area contributed by atoms with Crippen molar-refractivity contribution >= 4 is 35.8 Å². The highest BCUT2D eigenvalue weighted by Crippen LogP contribution is 2.27. The molecule has 0 radical (unpaired) electrons. The van der Waals surface area contributed by atoms with E-state index >= 15 is 0 Å². The van der Waals surface area contributed by atoms with Crippen LogP contribution in [0.3, 0.4) is 0 Å². The number of rotatable bonds is 12. The predicted molar refractivity (Wildman–Crippen MR) is 153 cm³/mol. The molecular weight excluding hydrogens is 581 g/mol. The summed E-state index contributed by atoms with van der Waals surface area (Å²) < 4.78 is 47.3. The minimum Gasteiger partial charge on any atom is -0.462 e. The van der Waals surface area contributed by atoms with E-state index in [4.69, 9.17) is 4.74 Å². The Morgan fingerprint density at radius 2 is 1.61 bits per heavy atom. The topological polar surface area (TPSA) is 136 Å². The Morgan fingerprint density at radius 1 is 0.909 bits per heavy atom. The zero-order valence-corrected chi connectivity index (χ0v) is 23.1. The van der Waals surface area contributed by atoms with Crippen molar-refractivity contribution in [2.24, 2.45) is 4.99 Å². The first-order chi connectivity index (χ1) is 21.1. The molecule has 1 amide bonds. The first-order valence-electron chi connectivity index (χ1n) is 13.4. The van der Waals surface area contributed by atoms with Crippen LogP contribution < -0.4 is 10.6 Å². The van der Waals surface area contributed by atoms with E-state index in [1.807, 2.05) is 30.3 Å². The summed E-state index contributed by atoms with van der Waals surface area (Å²) in [6.07, 6.45) is -0.908. The molecule has 13 heteroatoms. The molecule has 1 aliphatic rings. The molecule has 2 unspecified atom stereocenters. The van der Waals surface area contributed by atoms with Crippen molar-refractivity contribution in [3.8, 4) is 11.1 Å². The number of aromatic nitrogens is 1. The van der Waals surface area contributed by atoms with Crippen molar-refractivity contribution in [2.75, 3.05) is 18.5 Å². The molecular formula is C31H27F3N4O6. The number of hydrogen-bond acceptors (Lipinski definition) is 9. The molecule has 228 valence electrons. The van der Waals surface area contributed by atoms with E-state index in [1.54, 1.807) is 48.7 Å². The number of anilines is 1. The zero-order chi connectivity index (χ0) is 31.6. The Balaban J connectivity index is 1.45. The van der Waals surface area contributed by atoms with Gasteiger partial charge in [0.15, 0.2) is 5.54 Å².